The number of hydrogen-bond donors (Lipinski definition) is 1. The number of carbonyl (C=O) groups is 1. The summed E-state index contributed by atoms with van der Waals surface area (Å²) in [5.74, 6) is 0.960. The largest absolute Gasteiger partial charge is 0.493 e. The van der Waals surface area contributed by atoms with E-state index >= 15 is 0 Å². The highest BCUT2D eigenvalue weighted by Crippen LogP contribution is 2.27. The van der Waals surface area contributed by atoms with E-state index < -0.39 is 0 Å². The molecular formula is C18H20BrNO2. The molecule has 0 heterocycles. The number of benzene rings is 2. The first-order valence-electron chi connectivity index (χ1n) is 7.35. The number of nitrogens with one attached hydrogen (secondary N) is 1. The summed E-state index contributed by atoms with van der Waals surface area (Å²) in [5.41, 5.74) is 2.57. The van der Waals surface area contributed by atoms with Gasteiger partial charge in [-0.15, -0.1) is 0 Å². The van der Waals surface area contributed by atoms with Crippen molar-refractivity contribution < 1.29 is 9.53 Å². The van der Waals surface area contributed by atoms with Gasteiger partial charge in [0.1, 0.15) is 5.75 Å². The van der Waals surface area contributed by atoms with E-state index in [2.05, 4.69) is 35.1 Å². The van der Waals surface area contributed by atoms with Gasteiger partial charge in [-0.25, -0.2) is 0 Å². The lowest BCUT2D eigenvalue weighted by molar-refractivity contribution is 0.102. The molecule has 0 fully saturated rings. The molecule has 0 saturated carbocycles. The molecule has 0 aromatic heterocycles. The molecule has 0 aliphatic carbocycles. The fourth-order valence-electron chi connectivity index (χ4n) is 2.22. The maximum Gasteiger partial charge on any atom is 0.255 e. The van der Waals surface area contributed by atoms with Crippen LogP contribution in [0.4, 0.5) is 5.69 Å². The first kappa shape index (κ1) is 16.6. The molecule has 4 heteroatoms. The van der Waals surface area contributed by atoms with E-state index in [1.807, 2.05) is 31.2 Å². The van der Waals surface area contributed by atoms with E-state index in [1.54, 1.807) is 18.2 Å². The fraction of sp³-hybridized carbons (Fsp3) is 0.278. The van der Waals surface area contributed by atoms with E-state index in [-0.39, 0.29) is 5.91 Å². The van der Waals surface area contributed by atoms with Crippen molar-refractivity contribution in [3.8, 4) is 5.75 Å². The van der Waals surface area contributed by atoms with Gasteiger partial charge < -0.3 is 10.1 Å². The first-order chi connectivity index (χ1) is 10.5. The van der Waals surface area contributed by atoms with Gasteiger partial charge in [-0.2, -0.15) is 0 Å². The van der Waals surface area contributed by atoms with Crippen molar-refractivity contribution in [2.45, 2.75) is 26.7 Å². The van der Waals surface area contributed by atoms with E-state index in [9.17, 15) is 4.79 Å². The molecule has 0 aliphatic rings. The van der Waals surface area contributed by atoms with Gasteiger partial charge in [0.25, 0.3) is 5.91 Å². The Kier molecular flexibility index (Phi) is 5.61. The van der Waals surface area contributed by atoms with E-state index in [4.69, 9.17) is 4.74 Å². The summed E-state index contributed by atoms with van der Waals surface area (Å²) in [7, 11) is 0. The maximum atomic E-state index is 12.4. The summed E-state index contributed by atoms with van der Waals surface area (Å²) in [6.07, 6.45) is 0. The molecule has 0 saturated heterocycles. The normalized spacial score (nSPS) is 10.6. The van der Waals surface area contributed by atoms with E-state index in [1.165, 1.54) is 0 Å². The van der Waals surface area contributed by atoms with Crippen molar-refractivity contribution in [2.24, 2.45) is 0 Å². The lowest BCUT2D eigenvalue weighted by Crippen LogP contribution is -2.13. The second-order valence-corrected chi connectivity index (χ2v) is 6.13. The highest BCUT2D eigenvalue weighted by molar-refractivity contribution is 9.10. The van der Waals surface area contributed by atoms with Crippen molar-refractivity contribution in [3.05, 3.63) is 58.1 Å². The van der Waals surface area contributed by atoms with Crippen LogP contribution in [0.15, 0.2) is 46.9 Å². The van der Waals surface area contributed by atoms with Gasteiger partial charge in [0, 0.05) is 11.3 Å². The van der Waals surface area contributed by atoms with E-state index in [0.717, 1.165) is 21.5 Å². The molecule has 22 heavy (non-hydrogen) atoms. The number of hydrogen-bond acceptors (Lipinski definition) is 2. The zero-order valence-electron chi connectivity index (χ0n) is 13.0. The first-order valence-corrected chi connectivity index (χ1v) is 8.14. The number of ether oxygens (including phenoxy) is 1. The molecule has 0 spiro atoms. The van der Waals surface area contributed by atoms with Crippen LogP contribution < -0.4 is 10.1 Å². The lowest BCUT2D eigenvalue weighted by Gasteiger charge is -2.14. The molecule has 2 aromatic carbocycles. The standard InChI is InChI=1S/C18H20BrNO2/c1-4-22-17-10-9-13(11-15(17)19)18(21)20-16-8-6-5-7-14(16)12(2)3/h5-12H,4H2,1-3H3,(H,20,21). The number of amides is 1. The molecule has 2 rings (SSSR count). The van der Waals surface area contributed by atoms with Crippen LogP contribution in [0.25, 0.3) is 0 Å². The summed E-state index contributed by atoms with van der Waals surface area (Å²) in [6.45, 7) is 6.73. The van der Waals surface area contributed by atoms with Crippen LogP contribution in [0.1, 0.15) is 42.6 Å². The number of rotatable bonds is 5. The highest BCUT2D eigenvalue weighted by atomic mass is 79.9. The molecule has 0 radical (unpaired) electrons. The molecule has 1 amide bonds. The molecule has 0 bridgehead atoms. The number of halogens is 1. The zero-order chi connectivity index (χ0) is 16.1. The van der Waals surface area contributed by atoms with Crippen LogP contribution in [0.2, 0.25) is 0 Å². The Morgan fingerprint density at radius 1 is 1.23 bits per heavy atom. The second-order valence-electron chi connectivity index (χ2n) is 5.27. The van der Waals surface area contributed by atoms with E-state index in [0.29, 0.717) is 18.1 Å². The van der Waals surface area contributed by atoms with Gasteiger partial charge in [-0.3, -0.25) is 4.79 Å². The Hall–Kier alpha value is -1.81. The maximum absolute atomic E-state index is 12.4. The Morgan fingerprint density at radius 2 is 1.95 bits per heavy atom. The number of carbonyl (C=O) groups excluding carboxylic acids is 1. The molecule has 1 N–H and O–H groups in total. The predicted molar refractivity (Wildman–Crippen MR) is 93.8 cm³/mol. The Labute approximate surface area is 139 Å². The summed E-state index contributed by atoms with van der Waals surface area (Å²) in [4.78, 5) is 12.4. The molecule has 116 valence electrons. The Balaban J connectivity index is 2.21. The van der Waals surface area contributed by atoms with Crippen molar-refractivity contribution in [1.82, 2.24) is 0 Å². The average Bonchev–Trinajstić information content (AvgIpc) is 2.49. The third-order valence-corrected chi connectivity index (χ3v) is 3.94. The van der Waals surface area contributed by atoms with Gasteiger partial charge in [0.2, 0.25) is 0 Å². The molecule has 0 unspecified atom stereocenters. The third kappa shape index (κ3) is 3.89. The lowest BCUT2D eigenvalue weighted by atomic mass is 10.0. The van der Waals surface area contributed by atoms with Gasteiger partial charge in [0.05, 0.1) is 11.1 Å². The van der Waals surface area contributed by atoms with Crippen LogP contribution in [0.3, 0.4) is 0 Å². The van der Waals surface area contributed by atoms with Crippen molar-refractivity contribution in [2.75, 3.05) is 11.9 Å². The quantitative estimate of drug-likeness (QED) is 0.792. The van der Waals surface area contributed by atoms with Crippen molar-refractivity contribution >= 4 is 27.5 Å². The molecule has 0 atom stereocenters. The SMILES string of the molecule is CCOc1ccc(C(=O)Nc2ccccc2C(C)C)cc1Br. The summed E-state index contributed by atoms with van der Waals surface area (Å²) < 4.78 is 6.24. The topological polar surface area (TPSA) is 38.3 Å². The van der Waals surface area contributed by atoms with Crippen LogP contribution >= 0.6 is 15.9 Å². The van der Waals surface area contributed by atoms with Crippen LogP contribution in [0.5, 0.6) is 5.75 Å². The molecule has 0 aliphatic heterocycles. The van der Waals surface area contributed by atoms with Crippen molar-refractivity contribution in [3.63, 3.8) is 0 Å². The predicted octanol–water partition coefficient (Wildman–Crippen LogP) is 5.22. The Morgan fingerprint density at radius 3 is 2.59 bits per heavy atom. The Bertz CT molecular complexity index is 668. The second kappa shape index (κ2) is 7.45. The molecule has 2 aromatic rings. The third-order valence-electron chi connectivity index (χ3n) is 3.32. The molecular weight excluding hydrogens is 342 g/mol. The van der Waals surface area contributed by atoms with Gasteiger partial charge >= 0.3 is 0 Å². The van der Waals surface area contributed by atoms with Gasteiger partial charge in [-0.1, -0.05) is 32.0 Å². The minimum atomic E-state index is -0.128. The van der Waals surface area contributed by atoms with Crippen LogP contribution in [0, 0.1) is 0 Å². The zero-order valence-corrected chi connectivity index (χ0v) is 14.6. The number of anilines is 1. The summed E-state index contributed by atoms with van der Waals surface area (Å²) >= 11 is 3.43. The average molecular weight is 362 g/mol. The monoisotopic (exact) mass is 361 g/mol. The molecule has 3 nitrogen and oxygen atoms in total. The van der Waals surface area contributed by atoms with Crippen LogP contribution in [-0.2, 0) is 0 Å². The number of para-hydroxylation sites is 1. The van der Waals surface area contributed by atoms with Crippen LogP contribution in [-0.4, -0.2) is 12.5 Å². The summed E-state index contributed by atoms with van der Waals surface area (Å²) in [5, 5.41) is 2.99. The minimum absolute atomic E-state index is 0.128. The van der Waals surface area contributed by atoms with Gasteiger partial charge in [0.15, 0.2) is 0 Å². The highest BCUT2D eigenvalue weighted by Gasteiger charge is 2.12. The van der Waals surface area contributed by atoms with Gasteiger partial charge in [-0.05, 0) is 58.6 Å². The fourth-order valence-corrected chi connectivity index (χ4v) is 2.72. The summed E-state index contributed by atoms with van der Waals surface area (Å²) in [6, 6.07) is 13.2. The van der Waals surface area contributed by atoms with Crippen molar-refractivity contribution in [1.29, 1.82) is 0 Å². The smallest absolute Gasteiger partial charge is 0.255 e. The minimum Gasteiger partial charge on any atom is -0.493 e.